The molecule has 1 amide bonds. The van der Waals surface area contributed by atoms with E-state index in [-0.39, 0.29) is 18.6 Å². The summed E-state index contributed by atoms with van der Waals surface area (Å²) in [6.45, 7) is 0.863. The number of fused-ring (bicyclic) bond motifs is 1. The van der Waals surface area contributed by atoms with Crippen molar-refractivity contribution in [1.29, 1.82) is 0 Å². The van der Waals surface area contributed by atoms with Gasteiger partial charge in [-0.25, -0.2) is 4.39 Å². The average molecular weight is 372 g/mol. The summed E-state index contributed by atoms with van der Waals surface area (Å²) in [7, 11) is 1.60. The van der Waals surface area contributed by atoms with Crippen LogP contribution in [0.2, 0.25) is 0 Å². The summed E-state index contributed by atoms with van der Waals surface area (Å²) in [6.07, 6.45) is -0.181. The third kappa shape index (κ3) is 5.34. The summed E-state index contributed by atoms with van der Waals surface area (Å²) >= 11 is 0. The molecule has 8 heteroatoms. The smallest absolute Gasteiger partial charge is 0.243 e. The molecule has 0 radical (unpaired) electrons. The number of benzene rings is 2. The normalized spacial score (nSPS) is 15.8. The zero-order valence-electron chi connectivity index (χ0n) is 14.9. The van der Waals surface area contributed by atoms with Gasteiger partial charge in [-0.05, 0) is 30.3 Å². The zero-order valence-corrected chi connectivity index (χ0v) is 14.9. The predicted molar refractivity (Wildman–Crippen MR) is 101 cm³/mol. The summed E-state index contributed by atoms with van der Waals surface area (Å²) in [5.41, 5.74) is 0.399. The molecule has 27 heavy (non-hydrogen) atoms. The minimum absolute atomic E-state index is 0.0129. The van der Waals surface area contributed by atoms with Gasteiger partial charge in [-0.2, -0.15) is 0 Å². The molecule has 7 nitrogen and oxygen atoms in total. The number of nitrogens with one attached hydrogen (secondary N) is 3. The highest BCUT2D eigenvalue weighted by Crippen LogP contribution is 2.30. The molecule has 1 aliphatic rings. The lowest BCUT2D eigenvalue weighted by Crippen LogP contribution is -2.47. The number of halogens is 1. The number of nitrogens with zero attached hydrogens (tertiary/aromatic N) is 1. The lowest BCUT2D eigenvalue weighted by atomic mass is 10.2. The van der Waals surface area contributed by atoms with E-state index in [2.05, 4.69) is 20.9 Å². The summed E-state index contributed by atoms with van der Waals surface area (Å²) in [4.78, 5) is 16.0. The predicted octanol–water partition coefficient (Wildman–Crippen LogP) is 1.77. The second-order valence-corrected chi connectivity index (χ2v) is 5.86. The lowest BCUT2D eigenvalue weighted by Gasteiger charge is -2.27. The van der Waals surface area contributed by atoms with Gasteiger partial charge >= 0.3 is 0 Å². The zero-order chi connectivity index (χ0) is 19.1. The molecule has 0 aliphatic carbocycles. The molecule has 0 fully saturated rings. The van der Waals surface area contributed by atoms with Crippen LogP contribution >= 0.6 is 0 Å². The first-order valence-electron chi connectivity index (χ1n) is 8.52. The number of aliphatic imine (C=N–C) groups is 1. The van der Waals surface area contributed by atoms with Crippen molar-refractivity contribution in [3.8, 4) is 11.5 Å². The van der Waals surface area contributed by atoms with Gasteiger partial charge in [-0.3, -0.25) is 9.79 Å². The molecular formula is C19H21FN4O3. The molecule has 0 saturated carbocycles. The fraction of sp³-hybridized carbons (Fsp3) is 0.263. The minimum atomic E-state index is -0.408. The largest absolute Gasteiger partial charge is 0.486 e. The second kappa shape index (κ2) is 8.88. The van der Waals surface area contributed by atoms with Crippen LogP contribution in [0, 0.1) is 5.82 Å². The van der Waals surface area contributed by atoms with Crippen LogP contribution in [0.1, 0.15) is 0 Å². The molecule has 2 aromatic rings. The molecule has 0 bridgehead atoms. The maximum Gasteiger partial charge on any atom is 0.243 e. The number of ether oxygens (including phenoxy) is 2. The van der Waals surface area contributed by atoms with Gasteiger partial charge in [0.05, 0.1) is 13.1 Å². The SMILES string of the molecule is CN=C(NCC(=O)Nc1cccc(F)c1)NCC1COc2ccccc2O1. The van der Waals surface area contributed by atoms with E-state index >= 15 is 0 Å². The van der Waals surface area contributed by atoms with Crippen LogP contribution in [0.5, 0.6) is 11.5 Å². The Morgan fingerprint density at radius 1 is 1.19 bits per heavy atom. The van der Waals surface area contributed by atoms with Crippen molar-refractivity contribution in [3.05, 3.63) is 54.3 Å². The van der Waals surface area contributed by atoms with Gasteiger partial charge in [0.1, 0.15) is 18.5 Å². The first-order valence-corrected chi connectivity index (χ1v) is 8.52. The van der Waals surface area contributed by atoms with Gasteiger partial charge in [0.2, 0.25) is 5.91 Å². The summed E-state index contributed by atoms with van der Waals surface area (Å²) < 4.78 is 24.7. The minimum Gasteiger partial charge on any atom is -0.486 e. The number of anilines is 1. The van der Waals surface area contributed by atoms with Crippen LogP contribution in [-0.4, -0.2) is 44.7 Å². The van der Waals surface area contributed by atoms with E-state index in [0.29, 0.717) is 30.5 Å². The lowest BCUT2D eigenvalue weighted by molar-refractivity contribution is -0.115. The first-order chi connectivity index (χ1) is 13.1. The van der Waals surface area contributed by atoms with Crippen molar-refractivity contribution in [2.45, 2.75) is 6.10 Å². The second-order valence-electron chi connectivity index (χ2n) is 5.86. The molecule has 1 unspecified atom stereocenters. The Morgan fingerprint density at radius 3 is 2.78 bits per heavy atom. The molecule has 1 aliphatic heterocycles. The molecule has 3 N–H and O–H groups in total. The number of carbonyl (C=O) groups is 1. The molecule has 0 saturated heterocycles. The fourth-order valence-electron chi connectivity index (χ4n) is 2.53. The van der Waals surface area contributed by atoms with E-state index in [1.54, 1.807) is 13.1 Å². The van der Waals surface area contributed by atoms with Crippen molar-refractivity contribution >= 4 is 17.6 Å². The van der Waals surface area contributed by atoms with Crippen LogP contribution in [0.15, 0.2) is 53.5 Å². The Kier molecular flexibility index (Phi) is 6.09. The van der Waals surface area contributed by atoms with Gasteiger partial charge < -0.3 is 25.4 Å². The van der Waals surface area contributed by atoms with E-state index in [0.717, 1.165) is 5.75 Å². The quantitative estimate of drug-likeness (QED) is 0.550. The summed E-state index contributed by atoms with van der Waals surface area (Å²) in [5.74, 6) is 1.16. The fourth-order valence-corrected chi connectivity index (χ4v) is 2.53. The number of guanidine groups is 1. The molecule has 1 heterocycles. The van der Waals surface area contributed by atoms with Gasteiger partial charge in [0.15, 0.2) is 17.5 Å². The van der Waals surface area contributed by atoms with E-state index in [1.807, 2.05) is 24.3 Å². The number of amides is 1. The Bertz CT molecular complexity index is 828. The topological polar surface area (TPSA) is 84.0 Å². The summed E-state index contributed by atoms with van der Waals surface area (Å²) in [6, 6.07) is 13.2. The number of rotatable bonds is 5. The number of carbonyl (C=O) groups excluding carboxylic acids is 1. The van der Waals surface area contributed by atoms with Gasteiger partial charge in [-0.15, -0.1) is 0 Å². The Morgan fingerprint density at radius 2 is 2.00 bits per heavy atom. The molecule has 0 spiro atoms. The Balaban J connectivity index is 1.42. The van der Waals surface area contributed by atoms with E-state index in [4.69, 9.17) is 9.47 Å². The van der Waals surface area contributed by atoms with Crippen LogP contribution in [0.3, 0.4) is 0 Å². The Labute approximate surface area is 156 Å². The van der Waals surface area contributed by atoms with Gasteiger partial charge in [0, 0.05) is 12.7 Å². The van der Waals surface area contributed by atoms with E-state index in [1.165, 1.54) is 18.2 Å². The standard InChI is InChI=1S/C19H21FN4O3/c1-21-19(23-11-18(25)24-14-6-4-5-13(20)9-14)22-10-15-12-26-16-7-2-3-8-17(16)27-15/h2-9,15H,10-12H2,1H3,(H,24,25)(H2,21,22,23). The van der Waals surface area contributed by atoms with E-state index < -0.39 is 5.82 Å². The number of hydrogen-bond acceptors (Lipinski definition) is 4. The molecule has 1 atom stereocenters. The number of para-hydroxylation sites is 2. The molecule has 0 aromatic heterocycles. The third-order valence-corrected chi connectivity index (χ3v) is 3.81. The number of hydrogen-bond donors (Lipinski definition) is 3. The van der Waals surface area contributed by atoms with Crippen molar-refractivity contribution < 1.29 is 18.7 Å². The average Bonchev–Trinajstić information content (AvgIpc) is 2.68. The van der Waals surface area contributed by atoms with Gasteiger partial charge in [0.25, 0.3) is 0 Å². The maximum atomic E-state index is 13.1. The highest BCUT2D eigenvalue weighted by atomic mass is 19.1. The first kappa shape index (κ1) is 18.5. The van der Waals surface area contributed by atoms with Crippen LogP contribution in [0.25, 0.3) is 0 Å². The highest BCUT2D eigenvalue weighted by molar-refractivity contribution is 5.94. The van der Waals surface area contributed by atoms with Crippen molar-refractivity contribution in [2.24, 2.45) is 4.99 Å². The monoisotopic (exact) mass is 372 g/mol. The third-order valence-electron chi connectivity index (χ3n) is 3.81. The molecule has 142 valence electrons. The van der Waals surface area contributed by atoms with Crippen LogP contribution in [-0.2, 0) is 4.79 Å². The van der Waals surface area contributed by atoms with E-state index in [9.17, 15) is 9.18 Å². The maximum absolute atomic E-state index is 13.1. The van der Waals surface area contributed by atoms with Gasteiger partial charge in [-0.1, -0.05) is 18.2 Å². The summed E-state index contributed by atoms with van der Waals surface area (Å²) in [5, 5.41) is 8.60. The van der Waals surface area contributed by atoms with Crippen molar-refractivity contribution in [2.75, 3.05) is 32.1 Å². The molecule has 2 aromatic carbocycles. The Hall–Kier alpha value is -3.29. The van der Waals surface area contributed by atoms with Crippen LogP contribution in [0.4, 0.5) is 10.1 Å². The highest BCUT2D eigenvalue weighted by Gasteiger charge is 2.20. The molecule has 3 rings (SSSR count). The molecular weight excluding hydrogens is 351 g/mol. The van der Waals surface area contributed by atoms with Crippen molar-refractivity contribution in [1.82, 2.24) is 10.6 Å². The van der Waals surface area contributed by atoms with Crippen molar-refractivity contribution in [3.63, 3.8) is 0 Å². The van der Waals surface area contributed by atoms with Crippen LogP contribution < -0.4 is 25.4 Å².